The van der Waals surface area contributed by atoms with E-state index in [9.17, 15) is 19.8 Å². The van der Waals surface area contributed by atoms with Crippen molar-refractivity contribution in [3.05, 3.63) is 28.7 Å². The number of aliphatic hydroxyl groups is 2. The molecule has 0 aliphatic rings. The zero-order valence-electron chi connectivity index (χ0n) is 12.5. The Kier molecular flexibility index (Phi) is 6.52. The van der Waals surface area contributed by atoms with Gasteiger partial charge in [0.05, 0.1) is 31.1 Å². The fraction of sp³-hybridized carbons (Fsp3) is 0.467. The van der Waals surface area contributed by atoms with Crippen molar-refractivity contribution < 1.29 is 24.9 Å². The van der Waals surface area contributed by atoms with Crippen LogP contribution in [0.25, 0.3) is 0 Å². The van der Waals surface area contributed by atoms with Crippen LogP contribution < -0.4 is 4.90 Å². The van der Waals surface area contributed by atoms with E-state index in [0.29, 0.717) is 5.69 Å². The summed E-state index contributed by atoms with van der Waals surface area (Å²) in [5, 5.41) is 28.4. The molecule has 0 aliphatic carbocycles. The molecule has 0 fully saturated rings. The first-order chi connectivity index (χ1) is 10.1. The monoisotopic (exact) mass is 373 g/mol. The molecule has 0 heterocycles. The van der Waals surface area contributed by atoms with Gasteiger partial charge >= 0.3 is 5.97 Å². The number of aliphatic carboxylic acids is 1. The van der Waals surface area contributed by atoms with Crippen LogP contribution in [-0.4, -0.2) is 45.4 Å². The Bertz CT molecular complexity index is 527. The van der Waals surface area contributed by atoms with Gasteiger partial charge in [-0.25, -0.2) is 0 Å². The Hall–Kier alpha value is -1.44. The molecule has 22 heavy (non-hydrogen) atoms. The Morgan fingerprint density at radius 1 is 1.27 bits per heavy atom. The van der Waals surface area contributed by atoms with Crippen molar-refractivity contribution >= 4 is 33.5 Å². The number of rotatable bonds is 7. The number of halogens is 1. The van der Waals surface area contributed by atoms with E-state index in [1.807, 2.05) is 0 Å². The Labute approximate surface area is 137 Å². The van der Waals surface area contributed by atoms with E-state index >= 15 is 0 Å². The van der Waals surface area contributed by atoms with E-state index in [1.165, 1.54) is 11.8 Å². The summed E-state index contributed by atoms with van der Waals surface area (Å²) in [6.45, 7) is 2.92. The first-order valence-corrected chi connectivity index (χ1v) is 7.58. The number of aliphatic hydroxyl groups excluding tert-OH is 1. The van der Waals surface area contributed by atoms with Crippen LogP contribution in [0.5, 0.6) is 0 Å². The third kappa shape index (κ3) is 6.13. The molecule has 0 radical (unpaired) electrons. The number of amides is 1. The average Bonchev–Trinajstić information content (AvgIpc) is 2.34. The molecule has 2 atom stereocenters. The maximum atomic E-state index is 12.4. The predicted molar refractivity (Wildman–Crippen MR) is 85.7 cm³/mol. The number of hydrogen-bond acceptors (Lipinski definition) is 4. The molecule has 122 valence electrons. The quantitative estimate of drug-likeness (QED) is 0.676. The van der Waals surface area contributed by atoms with Crippen molar-refractivity contribution in [2.24, 2.45) is 0 Å². The summed E-state index contributed by atoms with van der Waals surface area (Å²) in [6.07, 6.45) is -1.62. The van der Waals surface area contributed by atoms with Gasteiger partial charge in [-0.3, -0.25) is 9.59 Å². The molecule has 0 bridgehead atoms. The van der Waals surface area contributed by atoms with Gasteiger partial charge in [-0.15, -0.1) is 0 Å². The summed E-state index contributed by atoms with van der Waals surface area (Å²) in [4.78, 5) is 24.5. The number of carboxylic acid groups (broad SMARTS) is 1. The van der Waals surface area contributed by atoms with Crippen molar-refractivity contribution in [2.45, 2.75) is 38.4 Å². The highest BCUT2D eigenvalue weighted by molar-refractivity contribution is 9.10. The number of carbonyl (C=O) groups is 2. The Morgan fingerprint density at radius 3 is 2.27 bits per heavy atom. The van der Waals surface area contributed by atoms with Crippen LogP contribution in [0.15, 0.2) is 28.7 Å². The second-order valence-electron chi connectivity index (χ2n) is 5.57. The van der Waals surface area contributed by atoms with E-state index in [4.69, 9.17) is 5.11 Å². The van der Waals surface area contributed by atoms with Crippen LogP contribution in [-0.2, 0) is 9.59 Å². The summed E-state index contributed by atoms with van der Waals surface area (Å²) in [7, 11) is 0. The molecule has 1 rings (SSSR count). The second-order valence-corrected chi connectivity index (χ2v) is 6.49. The minimum Gasteiger partial charge on any atom is -0.481 e. The molecular formula is C15H20BrNO5. The molecule has 2 unspecified atom stereocenters. The van der Waals surface area contributed by atoms with Crippen LogP contribution in [0.4, 0.5) is 5.69 Å². The number of nitrogens with zero attached hydrogens (tertiary/aromatic N) is 1. The van der Waals surface area contributed by atoms with Gasteiger partial charge in [0.2, 0.25) is 5.91 Å². The standard InChI is InChI=1S/C15H20BrNO5/c1-10(18)9-17(12-5-3-11(16)4-6-12)13(19)7-15(2,22)8-14(20)21/h3-6,10,18,22H,7-9H2,1-2H3,(H,20,21). The summed E-state index contributed by atoms with van der Waals surface area (Å²) < 4.78 is 0.846. The van der Waals surface area contributed by atoms with Gasteiger partial charge in [-0.2, -0.15) is 0 Å². The van der Waals surface area contributed by atoms with Crippen molar-refractivity contribution in [3.8, 4) is 0 Å². The predicted octanol–water partition coefficient (Wildman–Crippen LogP) is 1.78. The third-order valence-electron chi connectivity index (χ3n) is 2.95. The lowest BCUT2D eigenvalue weighted by Crippen LogP contribution is -2.42. The highest BCUT2D eigenvalue weighted by Crippen LogP contribution is 2.23. The highest BCUT2D eigenvalue weighted by atomic mass is 79.9. The summed E-state index contributed by atoms with van der Waals surface area (Å²) in [5.74, 6) is -1.63. The highest BCUT2D eigenvalue weighted by Gasteiger charge is 2.30. The van der Waals surface area contributed by atoms with Crippen molar-refractivity contribution in [2.75, 3.05) is 11.4 Å². The number of hydrogen-bond donors (Lipinski definition) is 3. The summed E-state index contributed by atoms with van der Waals surface area (Å²) in [5.41, 5.74) is -1.07. The fourth-order valence-corrected chi connectivity index (χ4v) is 2.31. The molecule has 7 heteroatoms. The lowest BCUT2D eigenvalue weighted by molar-refractivity contribution is -0.142. The van der Waals surface area contributed by atoms with Crippen LogP contribution in [0.1, 0.15) is 26.7 Å². The van der Waals surface area contributed by atoms with E-state index in [2.05, 4.69) is 15.9 Å². The van der Waals surface area contributed by atoms with Crippen LogP contribution in [0, 0.1) is 0 Å². The van der Waals surface area contributed by atoms with Gasteiger partial charge in [0.25, 0.3) is 0 Å². The van der Waals surface area contributed by atoms with Gasteiger partial charge in [-0.1, -0.05) is 15.9 Å². The SMILES string of the molecule is CC(O)CN(C(=O)CC(C)(O)CC(=O)O)c1ccc(Br)cc1. The molecule has 0 spiro atoms. The molecular weight excluding hydrogens is 354 g/mol. The van der Waals surface area contributed by atoms with Crippen molar-refractivity contribution in [1.82, 2.24) is 0 Å². The number of carboxylic acids is 1. The fourth-order valence-electron chi connectivity index (χ4n) is 2.05. The summed E-state index contributed by atoms with van der Waals surface area (Å²) >= 11 is 3.30. The Balaban J connectivity index is 2.94. The largest absolute Gasteiger partial charge is 0.481 e. The van der Waals surface area contributed by atoms with Crippen LogP contribution >= 0.6 is 15.9 Å². The van der Waals surface area contributed by atoms with Gasteiger partial charge in [0.1, 0.15) is 0 Å². The zero-order valence-corrected chi connectivity index (χ0v) is 14.1. The van der Waals surface area contributed by atoms with Crippen molar-refractivity contribution in [3.63, 3.8) is 0 Å². The second kappa shape index (κ2) is 7.71. The van der Waals surface area contributed by atoms with Crippen LogP contribution in [0.2, 0.25) is 0 Å². The van der Waals surface area contributed by atoms with E-state index in [0.717, 1.165) is 4.47 Å². The van der Waals surface area contributed by atoms with Gasteiger partial charge < -0.3 is 20.2 Å². The molecule has 0 aromatic heterocycles. The maximum Gasteiger partial charge on any atom is 0.306 e. The molecule has 0 aliphatic heterocycles. The molecule has 1 aromatic rings. The lowest BCUT2D eigenvalue weighted by atomic mass is 9.97. The first kappa shape index (κ1) is 18.6. The molecule has 1 aromatic carbocycles. The van der Waals surface area contributed by atoms with Crippen molar-refractivity contribution in [1.29, 1.82) is 0 Å². The minimum atomic E-state index is -1.64. The summed E-state index contributed by atoms with van der Waals surface area (Å²) in [6, 6.07) is 6.92. The molecule has 1 amide bonds. The smallest absolute Gasteiger partial charge is 0.306 e. The number of benzene rings is 1. The molecule has 3 N–H and O–H groups in total. The Morgan fingerprint density at radius 2 is 1.82 bits per heavy atom. The van der Waals surface area contributed by atoms with E-state index in [1.54, 1.807) is 31.2 Å². The van der Waals surface area contributed by atoms with Gasteiger partial charge in [0.15, 0.2) is 0 Å². The lowest BCUT2D eigenvalue weighted by Gasteiger charge is -2.28. The average molecular weight is 374 g/mol. The zero-order chi connectivity index (χ0) is 16.9. The number of carbonyl (C=O) groups excluding carboxylic acids is 1. The minimum absolute atomic E-state index is 0.0591. The topological polar surface area (TPSA) is 98.1 Å². The number of anilines is 1. The normalized spacial score (nSPS) is 15.0. The molecule has 6 nitrogen and oxygen atoms in total. The molecule has 0 saturated heterocycles. The van der Waals surface area contributed by atoms with Crippen LogP contribution in [0.3, 0.4) is 0 Å². The van der Waals surface area contributed by atoms with E-state index in [-0.39, 0.29) is 13.0 Å². The third-order valence-corrected chi connectivity index (χ3v) is 3.48. The molecule has 0 saturated carbocycles. The van der Waals surface area contributed by atoms with Gasteiger partial charge in [-0.05, 0) is 38.1 Å². The van der Waals surface area contributed by atoms with E-state index < -0.39 is 30.0 Å². The maximum absolute atomic E-state index is 12.4. The first-order valence-electron chi connectivity index (χ1n) is 6.79. The van der Waals surface area contributed by atoms with Gasteiger partial charge in [0, 0.05) is 10.2 Å².